The number of hydrogen-bond donors (Lipinski definition) is 2. The molecule has 0 saturated carbocycles. The van der Waals surface area contributed by atoms with Crippen LogP contribution in [0.1, 0.15) is 37.0 Å². The lowest BCUT2D eigenvalue weighted by molar-refractivity contribution is 0.289. The molecule has 0 N–H and O–H groups in total. The zero-order valence-electron chi connectivity index (χ0n) is 15.2. The molecule has 1 nitrogen and oxygen atoms in total. The molecule has 2 aromatic rings. The molecule has 0 amide bonds. The summed E-state index contributed by atoms with van der Waals surface area (Å²) in [4.78, 5) is 2.04. The maximum Gasteiger partial charge on any atom is 0.127 e. The Hall–Kier alpha value is -0.970. The van der Waals surface area contributed by atoms with Crippen LogP contribution in [0.15, 0.2) is 51.6 Å². The van der Waals surface area contributed by atoms with E-state index in [0.717, 1.165) is 26.9 Å². The summed E-state index contributed by atoms with van der Waals surface area (Å²) in [6.07, 6.45) is 1.03. The van der Waals surface area contributed by atoms with Crippen LogP contribution in [0.5, 0.6) is 5.75 Å². The molecule has 134 valence electrons. The second-order valence-electron chi connectivity index (χ2n) is 6.55. The van der Waals surface area contributed by atoms with E-state index in [0.29, 0.717) is 12.5 Å². The molecule has 25 heavy (non-hydrogen) atoms. The van der Waals surface area contributed by atoms with Gasteiger partial charge in [-0.2, -0.15) is 0 Å². The first-order chi connectivity index (χ1) is 11.9. The molecule has 2 aromatic carbocycles. The first-order valence-corrected chi connectivity index (χ1v) is 10.2. The highest BCUT2D eigenvalue weighted by Gasteiger charge is 2.12. The fourth-order valence-corrected chi connectivity index (χ4v) is 3.82. The molecule has 0 bridgehead atoms. The SMILES string of the molecule is Cc1ccc(OCCC(C)C)c(/C(S)=C(/S)Sc2ccccc2C)c1. The van der Waals surface area contributed by atoms with Gasteiger partial charge in [0.2, 0.25) is 0 Å². The lowest BCUT2D eigenvalue weighted by Gasteiger charge is -2.15. The Bertz CT molecular complexity index is 751. The number of benzene rings is 2. The summed E-state index contributed by atoms with van der Waals surface area (Å²) in [5.41, 5.74) is 3.41. The quantitative estimate of drug-likeness (QED) is 0.389. The van der Waals surface area contributed by atoms with Gasteiger partial charge in [0, 0.05) is 15.4 Å². The third-order valence-electron chi connectivity index (χ3n) is 3.85. The smallest absolute Gasteiger partial charge is 0.127 e. The van der Waals surface area contributed by atoms with Crippen molar-refractivity contribution in [3.63, 3.8) is 0 Å². The van der Waals surface area contributed by atoms with Crippen molar-refractivity contribution in [1.29, 1.82) is 0 Å². The topological polar surface area (TPSA) is 9.23 Å². The Morgan fingerprint density at radius 1 is 1.08 bits per heavy atom. The van der Waals surface area contributed by atoms with E-state index in [2.05, 4.69) is 52.0 Å². The Labute approximate surface area is 167 Å². The van der Waals surface area contributed by atoms with Gasteiger partial charge in [0.15, 0.2) is 0 Å². The molecule has 0 aliphatic carbocycles. The highest BCUT2D eigenvalue weighted by molar-refractivity contribution is 8.17. The molecular weight excluding hydrogens is 364 g/mol. The number of thioether (sulfide) groups is 1. The van der Waals surface area contributed by atoms with Gasteiger partial charge < -0.3 is 4.74 Å². The van der Waals surface area contributed by atoms with Crippen molar-refractivity contribution < 1.29 is 4.74 Å². The van der Waals surface area contributed by atoms with Gasteiger partial charge >= 0.3 is 0 Å². The predicted molar refractivity (Wildman–Crippen MR) is 118 cm³/mol. The summed E-state index contributed by atoms with van der Waals surface area (Å²) < 4.78 is 6.89. The Balaban J connectivity index is 2.28. The zero-order valence-corrected chi connectivity index (χ0v) is 17.8. The van der Waals surface area contributed by atoms with E-state index in [-0.39, 0.29) is 0 Å². The van der Waals surface area contributed by atoms with E-state index >= 15 is 0 Å². The lowest BCUT2D eigenvalue weighted by atomic mass is 10.1. The first kappa shape index (κ1) is 20.3. The van der Waals surface area contributed by atoms with Crippen molar-refractivity contribution in [3.05, 3.63) is 63.4 Å². The number of rotatable bonds is 7. The average molecular weight is 391 g/mol. The van der Waals surface area contributed by atoms with Gasteiger partial charge in [-0.1, -0.05) is 55.4 Å². The van der Waals surface area contributed by atoms with Crippen LogP contribution in [0.3, 0.4) is 0 Å². The van der Waals surface area contributed by atoms with Crippen LogP contribution in [0.4, 0.5) is 0 Å². The maximum atomic E-state index is 6.02. The highest BCUT2D eigenvalue weighted by Crippen LogP contribution is 2.41. The molecule has 0 heterocycles. The number of thiol groups is 2. The predicted octanol–water partition coefficient (Wildman–Crippen LogP) is 7.01. The third kappa shape index (κ3) is 6.05. The average Bonchev–Trinajstić information content (AvgIpc) is 2.57. The molecule has 2 rings (SSSR count). The second kappa shape index (κ2) is 9.65. The largest absolute Gasteiger partial charge is 0.493 e. The molecule has 0 radical (unpaired) electrons. The number of hydrogen-bond acceptors (Lipinski definition) is 4. The van der Waals surface area contributed by atoms with Crippen molar-refractivity contribution >= 4 is 41.9 Å². The third-order valence-corrected chi connectivity index (χ3v) is 6.21. The molecule has 0 spiro atoms. The van der Waals surface area contributed by atoms with Gasteiger partial charge in [-0.15, -0.1) is 25.3 Å². The number of aryl methyl sites for hydroxylation is 2. The van der Waals surface area contributed by atoms with E-state index in [1.165, 1.54) is 16.0 Å². The minimum Gasteiger partial charge on any atom is -0.493 e. The van der Waals surface area contributed by atoms with E-state index in [9.17, 15) is 0 Å². The standard InChI is InChI=1S/C21H26OS3/c1-14(2)11-12-22-18-10-9-15(3)13-17(18)20(23)21(24)25-19-8-6-5-7-16(19)4/h5-10,13-14,23-24H,11-12H2,1-4H3/b21-20+. The summed E-state index contributed by atoms with van der Waals surface area (Å²) in [5, 5.41) is 0. The molecule has 4 heteroatoms. The van der Waals surface area contributed by atoms with E-state index < -0.39 is 0 Å². The van der Waals surface area contributed by atoms with E-state index in [1.807, 2.05) is 18.2 Å². The molecule has 0 aliphatic rings. The van der Waals surface area contributed by atoms with Gasteiger partial charge in [-0.05, 0) is 49.9 Å². The Kier molecular flexibility index (Phi) is 7.85. The molecule has 0 unspecified atom stereocenters. The van der Waals surface area contributed by atoms with Crippen LogP contribution < -0.4 is 4.74 Å². The van der Waals surface area contributed by atoms with E-state index in [4.69, 9.17) is 30.0 Å². The zero-order chi connectivity index (χ0) is 18.4. The van der Waals surface area contributed by atoms with Crippen LogP contribution in [0, 0.1) is 19.8 Å². The summed E-state index contributed by atoms with van der Waals surface area (Å²) in [7, 11) is 0. The van der Waals surface area contributed by atoms with E-state index in [1.54, 1.807) is 11.8 Å². The van der Waals surface area contributed by atoms with Gasteiger partial charge in [0.25, 0.3) is 0 Å². The van der Waals surface area contributed by atoms with Crippen LogP contribution in [0.25, 0.3) is 4.91 Å². The van der Waals surface area contributed by atoms with Crippen LogP contribution in [-0.2, 0) is 0 Å². The maximum absolute atomic E-state index is 6.02. The van der Waals surface area contributed by atoms with Crippen molar-refractivity contribution in [1.82, 2.24) is 0 Å². The Morgan fingerprint density at radius 2 is 1.80 bits per heavy atom. The molecular formula is C21H26OS3. The minimum absolute atomic E-state index is 0.622. The molecule has 0 saturated heterocycles. The van der Waals surface area contributed by atoms with Gasteiger partial charge in [0.05, 0.1) is 10.8 Å². The summed E-state index contributed by atoms with van der Waals surface area (Å²) in [6, 6.07) is 14.5. The lowest BCUT2D eigenvalue weighted by Crippen LogP contribution is -2.03. The minimum atomic E-state index is 0.622. The second-order valence-corrected chi connectivity index (χ2v) is 8.80. The van der Waals surface area contributed by atoms with Crippen LogP contribution >= 0.6 is 37.0 Å². The fraction of sp³-hybridized carbons (Fsp3) is 0.333. The molecule has 0 atom stereocenters. The van der Waals surface area contributed by atoms with Crippen molar-refractivity contribution in [2.24, 2.45) is 5.92 Å². The van der Waals surface area contributed by atoms with Crippen molar-refractivity contribution in [2.45, 2.75) is 39.0 Å². The molecule has 0 aliphatic heterocycles. The van der Waals surface area contributed by atoms with Crippen molar-refractivity contribution in [2.75, 3.05) is 6.61 Å². The number of ether oxygens (including phenoxy) is 1. The van der Waals surface area contributed by atoms with Gasteiger partial charge in [0.1, 0.15) is 5.75 Å². The summed E-state index contributed by atoms with van der Waals surface area (Å²) in [5.74, 6) is 1.49. The summed E-state index contributed by atoms with van der Waals surface area (Å²) >= 11 is 11.1. The van der Waals surface area contributed by atoms with Crippen LogP contribution in [0.2, 0.25) is 0 Å². The molecule has 0 fully saturated rings. The summed E-state index contributed by atoms with van der Waals surface area (Å²) in [6.45, 7) is 9.30. The van der Waals surface area contributed by atoms with Crippen LogP contribution in [-0.4, -0.2) is 6.61 Å². The Morgan fingerprint density at radius 3 is 2.48 bits per heavy atom. The molecule has 0 aromatic heterocycles. The first-order valence-electron chi connectivity index (χ1n) is 8.48. The van der Waals surface area contributed by atoms with Crippen molar-refractivity contribution in [3.8, 4) is 5.75 Å². The van der Waals surface area contributed by atoms with Gasteiger partial charge in [-0.3, -0.25) is 0 Å². The highest BCUT2D eigenvalue weighted by atomic mass is 32.2. The van der Waals surface area contributed by atoms with Gasteiger partial charge in [-0.25, -0.2) is 0 Å². The fourth-order valence-electron chi connectivity index (χ4n) is 2.30. The normalized spacial score (nSPS) is 12.3. The monoisotopic (exact) mass is 390 g/mol.